The second-order valence-electron chi connectivity index (χ2n) is 14.7. The Bertz CT molecular complexity index is 678. The average Bonchev–Trinajstić information content (AvgIpc) is 3.12. The van der Waals surface area contributed by atoms with Gasteiger partial charge in [0.25, 0.3) is 0 Å². The van der Waals surface area contributed by atoms with E-state index in [0.29, 0.717) is 39.0 Å². The number of amides is 2. The van der Waals surface area contributed by atoms with E-state index in [0.717, 1.165) is 25.7 Å². The largest absolute Gasteiger partial charge is 0.385 e. The summed E-state index contributed by atoms with van der Waals surface area (Å²) in [4.78, 5) is 25.0. The van der Waals surface area contributed by atoms with Crippen LogP contribution in [0.15, 0.2) is 0 Å². The van der Waals surface area contributed by atoms with E-state index >= 15 is 0 Å². The van der Waals surface area contributed by atoms with E-state index in [9.17, 15) is 9.59 Å². The first-order valence-electron chi connectivity index (χ1n) is 22.8. The van der Waals surface area contributed by atoms with E-state index < -0.39 is 7.06 Å². The van der Waals surface area contributed by atoms with Crippen molar-refractivity contribution >= 4 is 11.8 Å². The maximum atomic E-state index is 12.5. The second-order valence-corrected chi connectivity index (χ2v) is 14.7. The topological polar surface area (TPSA) is 76.7 Å². The molecule has 0 aromatic heterocycles. The predicted octanol–water partition coefficient (Wildman–Crippen LogP) is 12.2. The molecule has 0 spiro atoms. The van der Waals surface area contributed by atoms with Gasteiger partial charge in [0.2, 0.25) is 11.8 Å². The zero-order valence-corrected chi connectivity index (χ0v) is 33.0. The summed E-state index contributed by atoms with van der Waals surface area (Å²) in [5.41, 5.74) is 0. The molecule has 6 nitrogen and oxygen atoms in total. The number of methoxy groups -OCH3 is 1. The molecular formula is C43H86N2O4. The van der Waals surface area contributed by atoms with E-state index in [1.165, 1.54) is 167 Å². The van der Waals surface area contributed by atoms with Crippen LogP contribution in [0.1, 0.15) is 228 Å². The molecule has 49 heavy (non-hydrogen) atoms. The van der Waals surface area contributed by atoms with Gasteiger partial charge in [0.15, 0.2) is 0 Å². The molecule has 0 rings (SSSR count). The lowest BCUT2D eigenvalue weighted by atomic mass is 10.0. The van der Waals surface area contributed by atoms with Gasteiger partial charge in [-0.05, 0) is 19.3 Å². The van der Waals surface area contributed by atoms with Crippen LogP contribution in [0.4, 0.5) is 0 Å². The molecule has 0 aromatic rings. The van der Waals surface area contributed by atoms with Gasteiger partial charge in [0.1, 0.15) is 0 Å². The van der Waals surface area contributed by atoms with Gasteiger partial charge in [0.05, 0.1) is 8.85 Å². The first-order valence-corrected chi connectivity index (χ1v) is 21.6. The van der Waals surface area contributed by atoms with Crippen LogP contribution in [-0.4, -0.2) is 51.3 Å². The van der Waals surface area contributed by atoms with Crippen LogP contribution in [0.2, 0.25) is 0 Å². The molecule has 0 fully saturated rings. The molecular weight excluding hydrogens is 608 g/mol. The van der Waals surface area contributed by atoms with Crippen molar-refractivity contribution in [3.63, 3.8) is 0 Å². The lowest BCUT2D eigenvalue weighted by molar-refractivity contribution is -0.122. The van der Waals surface area contributed by atoms with E-state index in [4.69, 9.17) is 12.2 Å². The Labute approximate surface area is 309 Å². The number of rotatable bonds is 41. The molecule has 0 aliphatic rings. The number of nitrogens with one attached hydrogen (secondary N) is 2. The molecule has 0 aromatic carbocycles. The van der Waals surface area contributed by atoms with Crippen LogP contribution in [0.3, 0.4) is 0 Å². The third kappa shape index (κ3) is 39.5. The number of carbonyl (C=O) groups excluding carboxylic acids is 2. The van der Waals surface area contributed by atoms with Gasteiger partial charge in [-0.3, -0.25) is 9.59 Å². The van der Waals surface area contributed by atoms with Crippen molar-refractivity contribution in [1.82, 2.24) is 10.6 Å². The summed E-state index contributed by atoms with van der Waals surface area (Å²) < 4.78 is 25.2. The fourth-order valence-electron chi connectivity index (χ4n) is 6.53. The van der Waals surface area contributed by atoms with Crippen molar-refractivity contribution in [1.29, 1.82) is 0 Å². The van der Waals surface area contributed by atoms with Crippen LogP contribution in [0.25, 0.3) is 0 Å². The maximum absolute atomic E-state index is 12.5. The molecule has 0 aliphatic heterocycles. The van der Waals surface area contributed by atoms with Gasteiger partial charge in [-0.15, -0.1) is 0 Å². The van der Waals surface area contributed by atoms with Crippen molar-refractivity contribution < 1.29 is 21.8 Å². The van der Waals surface area contributed by atoms with Crippen molar-refractivity contribution in [2.45, 2.75) is 232 Å². The molecule has 0 radical (unpaired) electrons. The summed E-state index contributed by atoms with van der Waals surface area (Å²) >= 11 is 0. The van der Waals surface area contributed by atoms with Gasteiger partial charge < -0.3 is 20.1 Å². The number of hydrogen-bond donors (Lipinski definition) is 2. The Balaban J connectivity index is 3.95. The zero-order chi connectivity index (χ0) is 37.3. The number of carbonyl (C=O) groups is 2. The zero-order valence-electron chi connectivity index (χ0n) is 35.0. The van der Waals surface area contributed by atoms with Gasteiger partial charge >= 0.3 is 0 Å². The summed E-state index contributed by atoms with van der Waals surface area (Å²) in [5, 5.41) is 6.02. The monoisotopic (exact) mass is 698 g/mol. The summed E-state index contributed by atoms with van der Waals surface area (Å²) in [6.45, 7) is 5.93. The van der Waals surface area contributed by atoms with Crippen LogP contribution >= 0.6 is 0 Å². The minimum Gasteiger partial charge on any atom is -0.385 e. The van der Waals surface area contributed by atoms with Crippen molar-refractivity contribution in [2.75, 3.05) is 33.4 Å². The minimum absolute atomic E-state index is 0.0389. The Hall–Kier alpha value is -1.14. The number of ether oxygens (including phenoxy) is 2. The van der Waals surface area contributed by atoms with Gasteiger partial charge in [-0.2, -0.15) is 0 Å². The Morgan fingerprint density at radius 3 is 1.10 bits per heavy atom. The molecule has 0 aliphatic carbocycles. The fraction of sp³-hybridized carbons (Fsp3) is 0.953. The van der Waals surface area contributed by atoms with Crippen molar-refractivity contribution in [3.8, 4) is 0 Å². The van der Waals surface area contributed by atoms with Crippen LogP contribution in [0.5, 0.6) is 0 Å². The third-order valence-electron chi connectivity index (χ3n) is 9.83. The minimum atomic E-state index is -1.29. The molecule has 0 saturated heterocycles. The molecule has 0 saturated carbocycles. The number of unbranched alkanes of at least 4 members (excludes halogenated alkanes) is 28. The highest BCUT2D eigenvalue weighted by atomic mass is 16.5. The molecule has 2 amide bonds. The Morgan fingerprint density at radius 2 is 0.796 bits per heavy atom. The van der Waals surface area contributed by atoms with Crippen LogP contribution in [0, 0.1) is 0 Å². The highest BCUT2D eigenvalue weighted by Crippen LogP contribution is 2.15. The van der Waals surface area contributed by atoms with E-state index in [2.05, 4.69) is 24.5 Å². The predicted molar refractivity (Wildman–Crippen MR) is 211 cm³/mol. The summed E-state index contributed by atoms with van der Waals surface area (Å²) in [6, 6.07) is 0. The quantitative estimate of drug-likeness (QED) is 0.0624. The smallest absolute Gasteiger partial charge is 0.220 e. The summed E-state index contributed by atoms with van der Waals surface area (Å²) in [5.74, 6) is 0.0778. The lowest BCUT2D eigenvalue weighted by Crippen LogP contribution is -2.41. The molecule has 1 atom stereocenters. The molecule has 0 heterocycles. The Kier molecular flexibility index (Phi) is 37.1. The highest BCUT2D eigenvalue weighted by Gasteiger charge is 2.13. The molecule has 2 N–H and O–H groups in total. The van der Waals surface area contributed by atoms with E-state index in [-0.39, 0.29) is 24.5 Å². The second kappa shape index (κ2) is 41.3. The van der Waals surface area contributed by atoms with E-state index in [1.807, 2.05) is 0 Å². The SMILES string of the molecule is [2H]C([3H])OCCCOC(CNC(=O)CCCCCCCCCCCCCCCCC)CNC(=O)CCCCCCCCCCCCCCCCC. The van der Waals surface area contributed by atoms with Gasteiger partial charge in [-0.1, -0.05) is 194 Å². The molecule has 1 unspecified atom stereocenters. The van der Waals surface area contributed by atoms with Crippen LogP contribution in [-0.2, 0) is 19.1 Å². The Morgan fingerprint density at radius 1 is 0.490 bits per heavy atom. The van der Waals surface area contributed by atoms with Crippen LogP contribution < -0.4 is 10.6 Å². The van der Waals surface area contributed by atoms with E-state index in [1.54, 1.807) is 0 Å². The highest BCUT2D eigenvalue weighted by molar-refractivity contribution is 5.76. The van der Waals surface area contributed by atoms with Gasteiger partial charge in [-0.25, -0.2) is 0 Å². The number of hydrogen-bond acceptors (Lipinski definition) is 4. The van der Waals surface area contributed by atoms with Crippen molar-refractivity contribution in [3.05, 3.63) is 0 Å². The normalized spacial score (nSPS) is 12.6. The first kappa shape index (κ1) is 44.0. The standard InChI is InChI=1S/C43H86N2O4/c1-4-6-8-10-12-14-16-18-20-22-24-26-28-30-32-35-42(46)44-39-41(49-38-34-37-48-3)40-45-43(47)36-33-31-29-27-25-23-21-19-17-15-13-11-9-7-5-2/h41H,4-40H2,1-3H3,(H,44,46)(H,45,47)/i3TD. The molecule has 292 valence electrons. The molecule has 6 heteroatoms. The fourth-order valence-corrected chi connectivity index (χ4v) is 6.53. The lowest BCUT2D eigenvalue weighted by Gasteiger charge is -2.19. The molecule has 0 bridgehead atoms. The van der Waals surface area contributed by atoms with Crippen molar-refractivity contribution in [2.24, 2.45) is 0 Å². The summed E-state index contributed by atoms with van der Waals surface area (Å²) in [7, 11) is -1.29. The van der Waals surface area contributed by atoms with Gasteiger partial charge in [0, 0.05) is 46.2 Å². The summed E-state index contributed by atoms with van der Waals surface area (Å²) in [6.07, 6.45) is 40.5. The maximum Gasteiger partial charge on any atom is 0.220 e. The third-order valence-corrected chi connectivity index (χ3v) is 9.83. The first-order chi connectivity index (χ1) is 25.0. The average molecular weight is 698 g/mol.